The first-order valence-electron chi connectivity index (χ1n) is 13.7. The standard InChI is InChI=1S/C29H41NO5/c1-28-15-6-5-9-19(28)10-11-20-22(28)14-16-29(23(20)12-13-24(29)26(32)33)25(35-27(30)34)21(17-31)18-7-3-2-4-8-18/h2-4,7-8,19-25,31H,5-6,9-17H2,1H3,(H2,30,34)(H,32,33)/t19?,20-,21?,22+,23+,24?,25?,28+,29-/m1/s1. The van der Waals surface area contributed by atoms with Gasteiger partial charge in [-0.25, -0.2) is 4.79 Å². The number of hydrogen-bond acceptors (Lipinski definition) is 4. The van der Waals surface area contributed by atoms with Crippen LogP contribution in [0.15, 0.2) is 30.3 Å². The van der Waals surface area contributed by atoms with E-state index in [9.17, 15) is 19.8 Å². The second-order valence-electron chi connectivity index (χ2n) is 12.1. The summed E-state index contributed by atoms with van der Waals surface area (Å²) in [5, 5.41) is 21.0. The number of aliphatic hydroxyl groups excluding tert-OH is 1. The van der Waals surface area contributed by atoms with Gasteiger partial charge in [-0.2, -0.15) is 0 Å². The van der Waals surface area contributed by atoms with E-state index < -0.39 is 35.4 Å². The highest BCUT2D eigenvalue weighted by Crippen LogP contribution is 2.69. The lowest BCUT2D eigenvalue weighted by Crippen LogP contribution is -2.59. The number of amides is 1. The monoisotopic (exact) mass is 483 g/mol. The van der Waals surface area contributed by atoms with Crippen LogP contribution in [0.4, 0.5) is 4.79 Å². The first kappa shape index (κ1) is 24.6. The van der Waals surface area contributed by atoms with Gasteiger partial charge in [0.25, 0.3) is 0 Å². The minimum absolute atomic E-state index is 0.157. The molecule has 0 saturated heterocycles. The van der Waals surface area contributed by atoms with Crippen LogP contribution in [0, 0.1) is 40.4 Å². The van der Waals surface area contributed by atoms with Crippen LogP contribution < -0.4 is 5.73 Å². The zero-order valence-corrected chi connectivity index (χ0v) is 20.9. The minimum atomic E-state index is -0.890. The van der Waals surface area contributed by atoms with Crippen LogP contribution in [0.25, 0.3) is 0 Å². The van der Waals surface area contributed by atoms with E-state index in [4.69, 9.17) is 10.5 Å². The Kier molecular flexibility index (Phi) is 6.62. The third-order valence-electron chi connectivity index (χ3n) is 11.0. The maximum Gasteiger partial charge on any atom is 0.404 e. The molecule has 4 aliphatic carbocycles. The number of carbonyl (C=O) groups excluding carboxylic acids is 1. The molecule has 6 nitrogen and oxygen atoms in total. The molecule has 9 atom stereocenters. The second kappa shape index (κ2) is 9.42. The van der Waals surface area contributed by atoms with Gasteiger partial charge in [0, 0.05) is 11.3 Å². The Hall–Kier alpha value is -2.08. The molecule has 0 aliphatic heterocycles. The van der Waals surface area contributed by atoms with Crippen LogP contribution in [0.5, 0.6) is 0 Å². The van der Waals surface area contributed by atoms with Crippen LogP contribution in [-0.2, 0) is 9.53 Å². The number of carboxylic acids is 1. The summed E-state index contributed by atoms with van der Waals surface area (Å²) in [6.45, 7) is 2.28. The molecule has 1 aromatic carbocycles. The van der Waals surface area contributed by atoms with Crippen LogP contribution in [0.2, 0.25) is 0 Å². The van der Waals surface area contributed by atoms with Gasteiger partial charge in [0.05, 0.1) is 12.5 Å². The summed E-state index contributed by atoms with van der Waals surface area (Å²) < 4.78 is 5.91. The molecule has 0 bridgehead atoms. The van der Waals surface area contributed by atoms with Gasteiger partial charge >= 0.3 is 12.1 Å². The number of carbonyl (C=O) groups is 2. The average molecular weight is 484 g/mol. The van der Waals surface area contributed by atoms with E-state index in [1.165, 1.54) is 32.1 Å². The van der Waals surface area contributed by atoms with Gasteiger partial charge in [-0.15, -0.1) is 0 Å². The molecular formula is C29H41NO5. The number of rotatable bonds is 6. The highest BCUT2D eigenvalue weighted by atomic mass is 16.6. The molecule has 4 fully saturated rings. The van der Waals surface area contributed by atoms with E-state index in [1.54, 1.807) is 0 Å². The third-order valence-corrected chi connectivity index (χ3v) is 11.0. The number of hydrogen-bond donors (Lipinski definition) is 3. The highest BCUT2D eigenvalue weighted by molar-refractivity contribution is 5.72. The zero-order chi connectivity index (χ0) is 24.8. The summed E-state index contributed by atoms with van der Waals surface area (Å²) in [7, 11) is 0. The molecule has 4 unspecified atom stereocenters. The number of aliphatic carboxylic acids is 1. The topological polar surface area (TPSA) is 110 Å². The van der Waals surface area contributed by atoms with Crippen molar-refractivity contribution in [2.75, 3.05) is 6.61 Å². The molecule has 0 aromatic heterocycles. The number of benzene rings is 1. The Bertz CT molecular complexity index is 936. The molecule has 5 rings (SSSR count). The van der Waals surface area contributed by atoms with Gasteiger partial charge in [0.2, 0.25) is 0 Å². The van der Waals surface area contributed by atoms with Crippen molar-refractivity contribution in [1.29, 1.82) is 0 Å². The van der Waals surface area contributed by atoms with E-state index in [0.29, 0.717) is 30.1 Å². The molecule has 1 amide bonds. The van der Waals surface area contributed by atoms with Crippen molar-refractivity contribution in [3.8, 4) is 0 Å². The lowest BCUT2D eigenvalue weighted by molar-refractivity contribution is -0.174. The quantitative estimate of drug-likeness (QED) is 0.506. The normalized spacial score (nSPS) is 40.0. The molecule has 4 aliphatic rings. The van der Waals surface area contributed by atoms with Crippen molar-refractivity contribution in [2.24, 2.45) is 46.2 Å². The first-order valence-corrected chi connectivity index (χ1v) is 13.7. The summed E-state index contributed by atoms with van der Waals surface area (Å²) >= 11 is 0. The minimum Gasteiger partial charge on any atom is -0.481 e. The number of nitrogens with two attached hydrogens (primary N) is 1. The Balaban J connectivity index is 1.59. The largest absolute Gasteiger partial charge is 0.481 e. The summed E-state index contributed by atoms with van der Waals surface area (Å²) in [6.07, 6.45) is 8.99. The molecule has 1 aromatic rings. The molecule has 35 heavy (non-hydrogen) atoms. The Morgan fingerprint density at radius 2 is 1.80 bits per heavy atom. The SMILES string of the molecule is C[C@]12CCCCC1CC[C@H]1[C@@H]3CCC(C(=O)O)[C@@]3(C(OC(N)=O)C(CO)c3ccccc3)CC[C@@H]12. The van der Waals surface area contributed by atoms with E-state index in [1.807, 2.05) is 30.3 Å². The number of ether oxygens (including phenoxy) is 1. The molecule has 4 N–H and O–H groups in total. The summed E-state index contributed by atoms with van der Waals surface area (Å²) in [5.41, 5.74) is 6.08. The third kappa shape index (κ3) is 3.87. The molecule has 0 spiro atoms. The maximum atomic E-state index is 12.7. The zero-order valence-electron chi connectivity index (χ0n) is 20.9. The number of fused-ring (bicyclic) bond motifs is 5. The summed E-state index contributed by atoms with van der Waals surface area (Å²) in [5.74, 6) is 0.0217. The number of aliphatic hydroxyl groups is 1. The van der Waals surface area contributed by atoms with Crippen molar-refractivity contribution in [3.05, 3.63) is 35.9 Å². The van der Waals surface area contributed by atoms with Gasteiger partial charge < -0.3 is 20.7 Å². The predicted octanol–water partition coefficient (Wildman–Crippen LogP) is 5.34. The predicted molar refractivity (Wildman–Crippen MR) is 133 cm³/mol. The maximum absolute atomic E-state index is 12.7. The Morgan fingerprint density at radius 1 is 1.03 bits per heavy atom. The fourth-order valence-corrected chi connectivity index (χ4v) is 9.69. The fraction of sp³-hybridized carbons (Fsp3) is 0.724. The lowest BCUT2D eigenvalue weighted by Gasteiger charge is -2.62. The van der Waals surface area contributed by atoms with Gasteiger partial charge in [0.1, 0.15) is 6.10 Å². The van der Waals surface area contributed by atoms with Gasteiger partial charge in [0.15, 0.2) is 0 Å². The first-order chi connectivity index (χ1) is 16.8. The average Bonchev–Trinajstić information content (AvgIpc) is 3.25. The van der Waals surface area contributed by atoms with Crippen LogP contribution in [0.3, 0.4) is 0 Å². The second-order valence-corrected chi connectivity index (χ2v) is 12.1. The van der Waals surface area contributed by atoms with Crippen molar-refractivity contribution in [1.82, 2.24) is 0 Å². The van der Waals surface area contributed by atoms with E-state index in [-0.39, 0.29) is 12.5 Å². The highest BCUT2D eigenvalue weighted by Gasteiger charge is 2.67. The van der Waals surface area contributed by atoms with Crippen LogP contribution in [0.1, 0.15) is 82.6 Å². The summed E-state index contributed by atoms with van der Waals surface area (Å²) in [6, 6.07) is 9.57. The lowest BCUT2D eigenvalue weighted by atomic mass is 9.43. The van der Waals surface area contributed by atoms with Gasteiger partial charge in [-0.3, -0.25) is 4.79 Å². The van der Waals surface area contributed by atoms with E-state index >= 15 is 0 Å². The van der Waals surface area contributed by atoms with Crippen molar-refractivity contribution < 1.29 is 24.5 Å². The molecule has 0 heterocycles. The Morgan fingerprint density at radius 3 is 2.49 bits per heavy atom. The van der Waals surface area contributed by atoms with Gasteiger partial charge in [-0.1, -0.05) is 50.1 Å². The number of carboxylic acid groups (broad SMARTS) is 1. The van der Waals surface area contributed by atoms with Crippen molar-refractivity contribution in [3.63, 3.8) is 0 Å². The molecule has 4 saturated carbocycles. The van der Waals surface area contributed by atoms with Crippen molar-refractivity contribution >= 4 is 12.1 Å². The number of primary amides is 1. The fourth-order valence-electron chi connectivity index (χ4n) is 9.69. The van der Waals surface area contributed by atoms with E-state index in [0.717, 1.165) is 30.7 Å². The molecule has 0 radical (unpaired) electrons. The van der Waals surface area contributed by atoms with Gasteiger partial charge in [-0.05, 0) is 86.0 Å². The van der Waals surface area contributed by atoms with Crippen LogP contribution >= 0.6 is 0 Å². The smallest absolute Gasteiger partial charge is 0.404 e. The Labute approximate surface area is 208 Å². The van der Waals surface area contributed by atoms with E-state index in [2.05, 4.69) is 6.92 Å². The molecular weight excluding hydrogens is 442 g/mol. The molecule has 6 heteroatoms. The molecule has 192 valence electrons. The van der Waals surface area contributed by atoms with Crippen molar-refractivity contribution in [2.45, 2.75) is 83.2 Å². The summed E-state index contributed by atoms with van der Waals surface area (Å²) in [4.78, 5) is 25.0. The van der Waals surface area contributed by atoms with Crippen LogP contribution in [-0.4, -0.2) is 35.0 Å².